The van der Waals surface area contributed by atoms with Crippen LogP contribution in [0.25, 0.3) is 6.08 Å². The van der Waals surface area contributed by atoms with E-state index in [9.17, 15) is 20.2 Å². The number of hydrogen-bond acceptors (Lipinski definition) is 6. The molecule has 0 atom stereocenters. The van der Waals surface area contributed by atoms with Crippen LogP contribution in [0, 0.1) is 21.4 Å². The van der Waals surface area contributed by atoms with Crippen molar-refractivity contribution >= 4 is 50.9 Å². The molecule has 0 aliphatic rings. The lowest BCUT2D eigenvalue weighted by molar-refractivity contribution is -0.384. The highest BCUT2D eigenvalue weighted by Gasteiger charge is 2.11. The molecule has 4 aromatic carbocycles. The Hall–Kier alpha value is -4.65. The summed E-state index contributed by atoms with van der Waals surface area (Å²) in [6.45, 7) is 0.518. The molecular weight excluding hydrogens is 598 g/mol. The first kappa shape index (κ1) is 28.4. The SMILES string of the molecule is N#C/C(=C\c1ccc(OCc2ccc([N+](=O)[O-])cc2)c(Br)c1)C(=O)Nc1ccc(OCc2ccccc2Cl)cc1. The first-order valence-corrected chi connectivity index (χ1v) is 13.0. The Kier molecular flexibility index (Phi) is 9.52. The zero-order valence-corrected chi connectivity index (χ0v) is 23.2. The van der Waals surface area contributed by atoms with Gasteiger partial charge in [0.2, 0.25) is 0 Å². The summed E-state index contributed by atoms with van der Waals surface area (Å²) in [5, 5.41) is 23.7. The van der Waals surface area contributed by atoms with Crippen LogP contribution in [-0.2, 0) is 18.0 Å². The van der Waals surface area contributed by atoms with E-state index in [4.69, 9.17) is 21.1 Å². The Labute approximate surface area is 243 Å². The van der Waals surface area contributed by atoms with Gasteiger partial charge in [-0.1, -0.05) is 35.9 Å². The number of rotatable bonds is 10. The molecule has 8 nitrogen and oxygen atoms in total. The number of ether oxygens (including phenoxy) is 2. The topological polar surface area (TPSA) is 114 Å². The van der Waals surface area contributed by atoms with Gasteiger partial charge in [0.15, 0.2) is 0 Å². The lowest BCUT2D eigenvalue weighted by atomic mass is 10.1. The Balaban J connectivity index is 1.35. The summed E-state index contributed by atoms with van der Waals surface area (Å²) in [4.78, 5) is 23.1. The van der Waals surface area contributed by atoms with Crippen molar-refractivity contribution in [2.75, 3.05) is 5.32 Å². The van der Waals surface area contributed by atoms with Crippen LogP contribution in [0.1, 0.15) is 16.7 Å². The minimum Gasteiger partial charge on any atom is -0.489 e. The maximum atomic E-state index is 12.7. The van der Waals surface area contributed by atoms with Gasteiger partial charge in [0.05, 0.1) is 9.40 Å². The van der Waals surface area contributed by atoms with Gasteiger partial charge in [-0.25, -0.2) is 0 Å². The molecule has 0 heterocycles. The van der Waals surface area contributed by atoms with E-state index >= 15 is 0 Å². The number of carbonyl (C=O) groups is 1. The maximum Gasteiger partial charge on any atom is 0.269 e. The van der Waals surface area contributed by atoms with Crippen molar-refractivity contribution in [1.29, 1.82) is 5.26 Å². The Morgan fingerprint density at radius 2 is 1.73 bits per heavy atom. The molecule has 0 unspecified atom stereocenters. The third-order valence-corrected chi connectivity index (χ3v) is 6.63. The molecule has 10 heteroatoms. The van der Waals surface area contributed by atoms with E-state index < -0.39 is 10.8 Å². The quantitative estimate of drug-likeness (QED) is 0.0842. The summed E-state index contributed by atoms with van der Waals surface area (Å²) in [5.74, 6) is 0.590. The van der Waals surface area contributed by atoms with Crippen LogP contribution in [-0.4, -0.2) is 10.8 Å². The van der Waals surface area contributed by atoms with E-state index in [1.165, 1.54) is 18.2 Å². The number of amides is 1. The highest BCUT2D eigenvalue weighted by atomic mass is 79.9. The molecule has 0 bridgehead atoms. The van der Waals surface area contributed by atoms with Crippen LogP contribution in [0.3, 0.4) is 0 Å². The predicted octanol–water partition coefficient (Wildman–Crippen LogP) is 7.71. The van der Waals surface area contributed by atoms with E-state index in [0.717, 1.165) is 11.1 Å². The second-order valence-electron chi connectivity index (χ2n) is 8.43. The molecule has 4 aromatic rings. The molecule has 0 fully saturated rings. The average molecular weight is 619 g/mol. The number of nitrogens with one attached hydrogen (secondary N) is 1. The second kappa shape index (κ2) is 13.4. The molecule has 0 saturated carbocycles. The minimum absolute atomic E-state index is 0.00836. The number of carbonyl (C=O) groups excluding carboxylic acids is 1. The molecule has 200 valence electrons. The number of anilines is 1. The number of nitro benzene ring substituents is 1. The Morgan fingerprint density at radius 3 is 2.38 bits per heavy atom. The van der Waals surface area contributed by atoms with Crippen LogP contribution >= 0.6 is 27.5 Å². The first-order valence-electron chi connectivity index (χ1n) is 11.9. The zero-order chi connectivity index (χ0) is 28.5. The fourth-order valence-electron chi connectivity index (χ4n) is 3.52. The highest BCUT2D eigenvalue weighted by molar-refractivity contribution is 9.10. The largest absolute Gasteiger partial charge is 0.489 e. The van der Waals surface area contributed by atoms with Crippen molar-refractivity contribution in [2.45, 2.75) is 13.2 Å². The normalized spacial score (nSPS) is 10.9. The molecule has 0 saturated heterocycles. The Bertz CT molecular complexity index is 1600. The van der Waals surface area contributed by atoms with Crippen molar-refractivity contribution in [3.63, 3.8) is 0 Å². The lowest BCUT2D eigenvalue weighted by Gasteiger charge is -2.10. The molecule has 1 N–H and O–H groups in total. The molecule has 0 radical (unpaired) electrons. The monoisotopic (exact) mass is 617 g/mol. The Morgan fingerprint density at radius 1 is 1.00 bits per heavy atom. The molecule has 4 rings (SSSR count). The lowest BCUT2D eigenvalue weighted by Crippen LogP contribution is -2.13. The van der Waals surface area contributed by atoms with Crippen LogP contribution in [0.15, 0.2) is 101 Å². The van der Waals surface area contributed by atoms with Crippen LogP contribution in [0.5, 0.6) is 11.5 Å². The van der Waals surface area contributed by atoms with Gasteiger partial charge in [-0.2, -0.15) is 5.26 Å². The standard InChI is InChI=1S/C30H21BrClN3O5/c31-27-16-21(7-14-29(27)40-18-20-5-10-25(11-6-20)35(37)38)15-23(17-33)30(36)34-24-8-12-26(13-9-24)39-19-22-3-1-2-4-28(22)32/h1-16H,18-19H2,(H,34,36)/b23-15+. The number of hydrogen-bond donors (Lipinski definition) is 1. The summed E-state index contributed by atoms with van der Waals surface area (Å²) in [7, 11) is 0. The molecule has 1 amide bonds. The first-order chi connectivity index (χ1) is 19.3. The van der Waals surface area contributed by atoms with E-state index in [-0.39, 0.29) is 17.9 Å². The van der Waals surface area contributed by atoms with Gasteiger partial charge in [-0.15, -0.1) is 0 Å². The van der Waals surface area contributed by atoms with Crippen molar-refractivity contribution in [3.8, 4) is 17.6 Å². The third-order valence-electron chi connectivity index (χ3n) is 5.64. The minimum atomic E-state index is -0.554. The highest BCUT2D eigenvalue weighted by Crippen LogP contribution is 2.28. The van der Waals surface area contributed by atoms with Gasteiger partial charge in [-0.05, 0) is 87.7 Å². The number of benzene rings is 4. The third kappa shape index (κ3) is 7.69. The predicted molar refractivity (Wildman–Crippen MR) is 156 cm³/mol. The second-order valence-corrected chi connectivity index (χ2v) is 9.69. The fourth-order valence-corrected chi connectivity index (χ4v) is 4.22. The number of nitro groups is 1. The molecule has 0 aromatic heterocycles. The van der Waals surface area contributed by atoms with E-state index in [1.54, 1.807) is 60.7 Å². The van der Waals surface area contributed by atoms with Crippen LogP contribution < -0.4 is 14.8 Å². The number of non-ortho nitro benzene ring substituents is 1. The number of halogens is 2. The van der Waals surface area contributed by atoms with Crippen molar-refractivity contribution in [2.24, 2.45) is 0 Å². The van der Waals surface area contributed by atoms with Crippen molar-refractivity contribution in [3.05, 3.63) is 133 Å². The van der Waals surface area contributed by atoms with Crippen molar-refractivity contribution in [1.82, 2.24) is 0 Å². The van der Waals surface area contributed by atoms with Gasteiger partial charge in [0.1, 0.15) is 36.4 Å². The van der Waals surface area contributed by atoms with E-state index in [0.29, 0.717) is 38.9 Å². The van der Waals surface area contributed by atoms with Gasteiger partial charge in [0.25, 0.3) is 11.6 Å². The van der Waals surface area contributed by atoms with E-state index in [1.807, 2.05) is 24.3 Å². The van der Waals surface area contributed by atoms with Crippen LogP contribution in [0.4, 0.5) is 11.4 Å². The van der Waals surface area contributed by atoms with Crippen molar-refractivity contribution < 1.29 is 19.2 Å². The summed E-state index contributed by atoms with van der Waals surface area (Å²) >= 11 is 9.60. The summed E-state index contributed by atoms with van der Waals surface area (Å²) < 4.78 is 12.2. The van der Waals surface area contributed by atoms with Gasteiger partial charge >= 0.3 is 0 Å². The molecular formula is C30H21BrClN3O5. The fraction of sp³-hybridized carbons (Fsp3) is 0.0667. The molecule has 0 spiro atoms. The van der Waals surface area contributed by atoms with Gasteiger partial charge < -0.3 is 14.8 Å². The molecule has 40 heavy (non-hydrogen) atoms. The molecule has 0 aliphatic heterocycles. The smallest absolute Gasteiger partial charge is 0.269 e. The van der Waals surface area contributed by atoms with Gasteiger partial charge in [0, 0.05) is 28.4 Å². The van der Waals surface area contributed by atoms with Gasteiger partial charge in [-0.3, -0.25) is 14.9 Å². The maximum absolute atomic E-state index is 12.7. The zero-order valence-electron chi connectivity index (χ0n) is 20.8. The number of nitrogens with zero attached hydrogens (tertiary/aromatic N) is 2. The average Bonchev–Trinajstić information content (AvgIpc) is 2.96. The van der Waals surface area contributed by atoms with E-state index in [2.05, 4.69) is 21.2 Å². The number of nitriles is 1. The summed E-state index contributed by atoms with van der Waals surface area (Å²) in [6.07, 6.45) is 1.47. The summed E-state index contributed by atoms with van der Waals surface area (Å²) in [6, 6.07) is 27.4. The van der Waals surface area contributed by atoms with Crippen LogP contribution in [0.2, 0.25) is 5.02 Å². The summed E-state index contributed by atoms with van der Waals surface area (Å²) in [5.41, 5.74) is 2.68. The molecule has 0 aliphatic carbocycles.